The summed E-state index contributed by atoms with van der Waals surface area (Å²) >= 11 is 3.33. The van der Waals surface area contributed by atoms with E-state index in [-0.39, 0.29) is 24.8 Å². The predicted molar refractivity (Wildman–Crippen MR) is 73.6 cm³/mol. The predicted octanol–water partition coefficient (Wildman–Crippen LogP) is 1.26. The largest absolute Gasteiger partial charge is 0.469 e. The van der Waals surface area contributed by atoms with E-state index in [1.54, 1.807) is 6.07 Å². The number of hydrogen-bond acceptors (Lipinski definition) is 5. The summed E-state index contributed by atoms with van der Waals surface area (Å²) < 4.78 is 5.45. The van der Waals surface area contributed by atoms with E-state index in [0.29, 0.717) is 11.5 Å². The lowest BCUT2D eigenvalue weighted by Gasteiger charge is -2.18. The molecule has 7 heteroatoms. The number of halogens is 1. The molecule has 19 heavy (non-hydrogen) atoms. The smallest absolute Gasteiger partial charge is 0.311 e. The van der Waals surface area contributed by atoms with Crippen molar-refractivity contribution >= 4 is 39.3 Å². The molecule has 102 valence electrons. The molecule has 1 saturated heterocycles. The molecule has 1 atom stereocenters. The van der Waals surface area contributed by atoms with Crippen molar-refractivity contribution in [1.29, 1.82) is 0 Å². The lowest BCUT2D eigenvalue weighted by molar-refractivity contribution is -0.145. The van der Waals surface area contributed by atoms with Crippen molar-refractivity contribution in [2.24, 2.45) is 5.92 Å². The fraction of sp³-hybridized carbons (Fsp3) is 0.417. The Morgan fingerprint density at radius 1 is 1.63 bits per heavy atom. The van der Waals surface area contributed by atoms with Crippen LogP contribution in [0.3, 0.4) is 0 Å². The molecular weight excluding hydrogens is 314 g/mol. The molecule has 0 aromatic carbocycles. The van der Waals surface area contributed by atoms with Crippen LogP contribution in [0.15, 0.2) is 10.5 Å². The van der Waals surface area contributed by atoms with Crippen molar-refractivity contribution in [2.75, 3.05) is 24.3 Å². The number of aryl methyl sites for hydroxylation is 1. The first-order chi connectivity index (χ1) is 8.93. The van der Waals surface area contributed by atoms with Crippen LogP contribution in [-0.4, -0.2) is 30.5 Å². The van der Waals surface area contributed by atoms with E-state index in [9.17, 15) is 9.59 Å². The van der Waals surface area contributed by atoms with Gasteiger partial charge in [0.15, 0.2) is 5.82 Å². The zero-order valence-corrected chi connectivity index (χ0v) is 12.2. The second kappa shape index (κ2) is 5.16. The van der Waals surface area contributed by atoms with Crippen molar-refractivity contribution in [2.45, 2.75) is 13.3 Å². The Morgan fingerprint density at radius 3 is 2.95 bits per heavy atom. The first-order valence-electron chi connectivity index (χ1n) is 5.75. The fourth-order valence-electron chi connectivity index (χ4n) is 2.04. The van der Waals surface area contributed by atoms with Crippen LogP contribution in [0, 0.1) is 12.8 Å². The molecule has 0 aliphatic carbocycles. The summed E-state index contributed by atoms with van der Waals surface area (Å²) in [5.74, 6) is -0.612. The van der Waals surface area contributed by atoms with Gasteiger partial charge in [0.2, 0.25) is 5.91 Å². The Balaban J connectivity index is 2.30. The molecular formula is C12H14BrN3O3. The zero-order chi connectivity index (χ0) is 14.2. The van der Waals surface area contributed by atoms with Gasteiger partial charge in [0, 0.05) is 17.4 Å². The molecule has 1 aromatic rings. The number of anilines is 2. The van der Waals surface area contributed by atoms with Crippen molar-refractivity contribution in [3.63, 3.8) is 0 Å². The molecule has 6 nitrogen and oxygen atoms in total. The first-order valence-corrected chi connectivity index (χ1v) is 6.54. The summed E-state index contributed by atoms with van der Waals surface area (Å²) in [6, 6.07) is 1.70. The van der Waals surface area contributed by atoms with Gasteiger partial charge in [-0.2, -0.15) is 0 Å². The highest BCUT2D eigenvalue weighted by Gasteiger charge is 2.37. The van der Waals surface area contributed by atoms with Crippen molar-refractivity contribution in [3.05, 3.63) is 16.2 Å². The topological polar surface area (TPSA) is 85.5 Å². The molecule has 0 spiro atoms. The van der Waals surface area contributed by atoms with Gasteiger partial charge in [-0.05, 0) is 28.9 Å². The standard InChI is InChI=1S/C12H14BrN3O3/c1-6-8(13)4-9(14)11(15-6)16-5-7(3-10(16)17)12(18)19-2/h4,7H,3,5,14H2,1-2H3. The van der Waals surface area contributed by atoms with Crippen LogP contribution in [0.1, 0.15) is 12.1 Å². The van der Waals surface area contributed by atoms with Gasteiger partial charge in [-0.1, -0.05) is 0 Å². The molecule has 0 saturated carbocycles. The monoisotopic (exact) mass is 327 g/mol. The molecule has 1 amide bonds. The summed E-state index contributed by atoms with van der Waals surface area (Å²) in [6.07, 6.45) is 0.128. The molecule has 1 unspecified atom stereocenters. The second-order valence-corrected chi connectivity index (χ2v) is 5.25. The average Bonchev–Trinajstić information content (AvgIpc) is 2.75. The SMILES string of the molecule is COC(=O)C1CC(=O)N(c2nc(C)c(Br)cc2N)C1. The minimum atomic E-state index is -0.456. The number of carbonyl (C=O) groups excluding carboxylic acids is 2. The first kappa shape index (κ1) is 13.8. The molecule has 0 bridgehead atoms. The van der Waals surface area contributed by atoms with Crippen LogP contribution in [-0.2, 0) is 14.3 Å². The minimum Gasteiger partial charge on any atom is -0.469 e. The maximum absolute atomic E-state index is 12.0. The van der Waals surface area contributed by atoms with Gasteiger partial charge in [-0.3, -0.25) is 14.5 Å². The lowest BCUT2D eigenvalue weighted by atomic mass is 10.1. The van der Waals surface area contributed by atoms with Crippen molar-refractivity contribution in [3.8, 4) is 0 Å². The number of rotatable bonds is 2. The second-order valence-electron chi connectivity index (χ2n) is 4.40. The van der Waals surface area contributed by atoms with Crippen LogP contribution in [0.2, 0.25) is 0 Å². The van der Waals surface area contributed by atoms with E-state index in [1.807, 2.05) is 6.92 Å². The van der Waals surface area contributed by atoms with Crippen molar-refractivity contribution in [1.82, 2.24) is 4.98 Å². The van der Waals surface area contributed by atoms with E-state index >= 15 is 0 Å². The Morgan fingerprint density at radius 2 is 2.32 bits per heavy atom. The van der Waals surface area contributed by atoms with E-state index in [2.05, 4.69) is 25.7 Å². The number of nitrogen functional groups attached to an aromatic ring is 1. The maximum Gasteiger partial charge on any atom is 0.311 e. The Kier molecular flexibility index (Phi) is 3.75. The Bertz CT molecular complexity index is 547. The number of amides is 1. The van der Waals surface area contributed by atoms with Gasteiger partial charge in [-0.25, -0.2) is 4.98 Å². The summed E-state index contributed by atoms with van der Waals surface area (Å²) in [5, 5.41) is 0. The molecule has 1 fully saturated rings. The highest BCUT2D eigenvalue weighted by atomic mass is 79.9. The quantitative estimate of drug-likeness (QED) is 0.826. The van der Waals surface area contributed by atoms with E-state index in [0.717, 1.165) is 10.2 Å². The zero-order valence-electron chi connectivity index (χ0n) is 10.6. The third kappa shape index (κ3) is 2.56. The van der Waals surface area contributed by atoms with E-state index < -0.39 is 5.92 Å². The van der Waals surface area contributed by atoms with Crippen LogP contribution < -0.4 is 10.6 Å². The van der Waals surface area contributed by atoms with E-state index in [1.165, 1.54) is 12.0 Å². The van der Waals surface area contributed by atoms with Gasteiger partial charge in [0.05, 0.1) is 24.4 Å². The number of pyridine rings is 1. The lowest BCUT2D eigenvalue weighted by Crippen LogP contribution is -2.28. The average molecular weight is 328 g/mol. The summed E-state index contributed by atoms with van der Waals surface area (Å²) in [5.41, 5.74) is 7.02. The highest BCUT2D eigenvalue weighted by molar-refractivity contribution is 9.10. The van der Waals surface area contributed by atoms with Gasteiger partial charge < -0.3 is 10.5 Å². The molecule has 2 heterocycles. The van der Waals surface area contributed by atoms with Gasteiger partial charge >= 0.3 is 5.97 Å². The van der Waals surface area contributed by atoms with Gasteiger partial charge in [0.25, 0.3) is 0 Å². The number of methoxy groups -OCH3 is 1. The number of hydrogen-bond donors (Lipinski definition) is 1. The van der Waals surface area contributed by atoms with Gasteiger partial charge in [-0.15, -0.1) is 0 Å². The molecule has 2 N–H and O–H groups in total. The number of nitrogens with two attached hydrogens (primary N) is 1. The number of aromatic nitrogens is 1. The van der Waals surface area contributed by atoms with E-state index in [4.69, 9.17) is 5.73 Å². The molecule has 2 rings (SSSR count). The molecule has 1 aromatic heterocycles. The molecule has 0 radical (unpaired) electrons. The molecule has 1 aliphatic heterocycles. The summed E-state index contributed by atoms with van der Waals surface area (Å²) in [4.78, 5) is 29.2. The summed E-state index contributed by atoms with van der Waals surface area (Å²) in [6.45, 7) is 2.06. The van der Waals surface area contributed by atoms with Crippen LogP contribution in [0.4, 0.5) is 11.5 Å². The minimum absolute atomic E-state index is 0.128. The third-order valence-corrected chi connectivity index (χ3v) is 3.88. The van der Waals surface area contributed by atoms with Crippen LogP contribution in [0.5, 0.6) is 0 Å². The summed E-state index contributed by atoms with van der Waals surface area (Å²) in [7, 11) is 1.31. The normalized spacial score (nSPS) is 18.8. The Labute approximate surface area is 119 Å². The molecule has 1 aliphatic rings. The van der Waals surface area contributed by atoms with Crippen molar-refractivity contribution < 1.29 is 14.3 Å². The maximum atomic E-state index is 12.0. The fourth-order valence-corrected chi connectivity index (χ4v) is 2.37. The number of nitrogens with zero attached hydrogens (tertiary/aromatic N) is 2. The number of ether oxygens (including phenoxy) is 1. The van der Waals surface area contributed by atoms with Crippen LogP contribution >= 0.6 is 15.9 Å². The van der Waals surface area contributed by atoms with Gasteiger partial charge in [0.1, 0.15) is 0 Å². The Hall–Kier alpha value is -1.63. The third-order valence-electron chi connectivity index (χ3n) is 3.07. The van der Waals surface area contributed by atoms with Crippen LogP contribution in [0.25, 0.3) is 0 Å². The number of esters is 1. The number of carbonyl (C=O) groups is 2. The highest BCUT2D eigenvalue weighted by Crippen LogP contribution is 2.31.